The number of amidine groups is 1. The summed E-state index contributed by atoms with van der Waals surface area (Å²) >= 11 is 4.02. The maximum absolute atomic E-state index is 4.33. The molecule has 0 fully saturated rings. The van der Waals surface area contributed by atoms with Crippen LogP contribution in [0.4, 0.5) is 0 Å². The molecule has 1 aliphatic heterocycles. The van der Waals surface area contributed by atoms with Gasteiger partial charge in [-0.25, -0.2) is 0 Å². The smallest absolute Gasteiger partial charge is 0.167 e. The molecule has 0 aliphatic carbocycles. The molecular weight excluding hydrogens is 247 g/mol. The van der Waals surface area contributed by atoms with Crippen molar-refractivity contribution in [2.45, 2.75) is 6.42 Å². The van der Waals surface area contributed by atoms with Crippen LogP contribution in [0.5, 0.6) is 0 Å². The lowest BCUT2D eigenvalue weighted by Crippen LogP contribution is -2.23. The quantitative estimate of drug-likeness (QED) is 0.485. The SMILES string of the molecule is CSC1=NCCCN1I. The highest BCUT2D eigenvalue weighted by molar-refractivity contribution is 14.1. The maximum atomic E-state index is 4.33. The molecule has 0 amide bonds. The van der Waals surface area contributed by atoms with E-state index in [0.29, 0.717) is 0 Å². The number of aliphatic imine (C=N–C) groups is 1. The Morgan fingerprint density at radius 1 is 1.78 bits per heavy atom. The minimum Gasteiger partial charge on any atom is -0.294 e. The molecule has 0 aromatic heterocycles. The van der Waals surface area contributed by atoms with Crippen molar-refractivity contribution in [3.8, 4) is 0 Å². The summed E-state index contributed by atoms with van der Waals surface area (Å²) in [5, 5.41) is 1.17. The van der Waals surface area contributed by atoms with Gasteiger partial charge in [-0.2, -0.15) is 0 Å². The molecule has 0 spiro atoms. The van der Waals surface area contributed by atoms with Crippen LogP contribution in [-0.4, -0.2) is 27.6 Å². The summed E-state index contributed by atoms with van der Waals surface area (Å²) in [4.78, 5) is 4.33. The van der Waals surface area contributed by atoms with Crippen molar-refractivity contribution in [1.82, 2.24) is 3.11 Å². The number of halogens is 1. The fraction of sp³-hybridized carbons (Fsp3) is 0.800. The van der Waals surface area contributed by atoms with Crippen LogP contribution in [0, 0.1) is 0 Å². The fourth-order valence-corrected chi connectivity index (χ4v) is 2.31. The number of nitrogens with zero attached hydrogens (tertiary/aromatic N) is 2. The Morgan fingerprint density at radius 3 is 3.00 bits per heavy atom. The monoisotopic (exact) mass is 256 g/mol. The van der Waals surface area contributed by atoms with Crippen LogP contribution in [0.3, 0.4) is 0 Å². The molecule has 0 saturated heterocycles. The summed E-state index contributed by atoms with van der Waals surface area (Å²) < 4.78 is 2.17. The Hall–Kier alpha value is 0.550. The van der Waals surface area contributed by atoms with Crippen molar-refractivity contribution in [3.63, 3.8) is 0 Å². The van der Waals surface area contributed by atoms with Gasteiger partial charge >= 0.3 is 0 Å². The van der Waals surface area contributed by atoms with Gasteiger partial charge in [0, 0.05) is 13.1 Å². The molecule has 0 radical (unpaired) electrons. The third kappa shape index (κ3) is 2.00. The summed E-state index contributed by atoms with van der Waals surface area (Å²) in [6.07, 6.45) is 3.27. The third-order valence-electron chi connectivity index (χ3n) is 1.15. The molecule has 52 valence electrons. The predicted octanol–water partition coefficient (Wildman–Crippen LogP) is 1.76. The lowest BCUT2D eigenvalue weighted by Gasteiger charge is -2.20. The van der Waals surface area contributed by atoms with Crippen LogP contribution >= 0.6 is 34.6 Å². The first-order valence-corrected chi connectivity index (χ1v) is 5.05. The summed E-state index contributed by atoms with van der Waals surface area (Å²) in [6.45, 7) is 2.16. The minimum absolute atomic E-state index is 1.01. The van der Waals surface area contributed by atoms with E-state index in [4.69, 9.17) is 0 Å². The zero-order valence-electron chi connectivity index (χ0n) is 5.30. The van der Waals surface area contributed by atoms with Gasteiger partial charge in [-0.3, -0.25) is 8.11 Å². The third-order valence-corrected chi connectivity index (χ3v) is 3.13. The Kier molecular flexibility index (Phi) is 3.11. The van der Waals surface area contributed by atoms with E-state index in [1.54, 1.807) is 11.8 Å². The van der Waals surface area contributed by atoms with E-state index in [1.165, 1.54) is 11.6 Å². The van der Waals surface area contributed by atoms with Crippen LogP contribution in [0.15, 0.2) is 4.99 Å². The van der Waals surface area contributed by atoms with Gasteiger partial charge in [0.05, 0.1) is 22.9 Å². The summed E-state index contributed by atoms with van der Waals surface area (Å²) in [7, 11) is 0. The van der Waals surface area contributed by atoms with E-state index in [2.05, 4.69) is 37.2 Å². The molecule has 1 aliphatic rings. The molecule has 0 N–H and O–H groups in total. The fourth-order valence-electron chi connectivity index (χ4n) is 0.720. The molecular formula is C5H9IN2S. The van der Waals surface area contributed by atoms with Gasteiger partial charge in [0.25, 0.3) is 0 Å². The highest BCUT2D eigenvalue weighted by Crippen LogP contribution is 2.14. The molecule has 0 unspecified atom stereocenters. The Morgan fingerprint density at radius 2 is 2.56 bits per heavy atom. The van der Waals surface area contributed by atoms with E-state index in [1.807, 2.05) is 0 Å². The molecule has 1 rings (SSSR count). The van der Waals surface area contributed by atoms with Crippen molar-refractivity contribution < 1.29 is 0 Å². The first-order valence-electron chi connectivity index (χ1n) is 2.86. The summed E-state index contributed by atoms with van der Waals surface area (Å²) in [5.41, 5.74) is 0. The van der Waals surface area contributed by atoms with Crippen LogP contribution in [0.2, 0.25) is 0 Å². The second-order valence-electron chi connectivity index (χ2n) is 1.81. The molecule has 0 aromatic carbocycles. The second-order valence-corrected chi connectivity index (χ2v) is 3.75. The molecule has 2 nitrogen and oxygen atoms in total. The molecule has 0 bridgehead atoms. The van der Waals surface area contributed by atoms with E-state index < -0.39 is 0 Å². The van der Waals surface area contributed by atoms with Crippen molar-refractivity contribution in [3.05, 3.63) is 0 Å². The molecule has 0 aromatic rings. The van der Waals surface area contributed by atoms with Gasteiger partial charge < -0.3 is 0 Å². The normalized spacial score (nSPS) is 19.8. The molecule has 9 heavy (non-hydrogen) atoms. The van der Waals surface area contributed by atoms with E-state index in [0.717, 1.165) is 13.1 Å². The van der Waals surface area contributed by atoms with Crippen LogP contribution in [0.25, 0.3) is 0 Å². The number of thioether (sulfide) groups is 1. The van der Waals surface area contributed by atoms with E-state index >= 15 is 0 Å². The standard InChI is InChI=1S/C5H9IN2S/c1-9-5-7-3-2-4-8(5)6/h2-4H2,1H3. The maximum Gasteiger partial charge on any atom is 0.167 e. The molecule has 0 saturated carbocycles. The zero-order valence-corrected chi connectivity index (χ0v) is 8.28. The average molecular weight is 256 g/mol. The number of rotatable bonds is 0. The summed E-state index contributed by atoms with van der Waals surface area (Å²) in [5.74, 6) is 0. The lowest BCUT2D eigenvalue weighted by molar-refractivity contribution is 0.638. The van der Waals surface area contributed by atoms with Crippen molar-refractivity contribution in [2.24, 2.45) is 4.99 Å². The Labute approximate surface area is 73.6 Å². The second kappa shape index (κ2) is 3.65. The van der Waals surface area contributed by atoms with Crippen LogP contribution in [-0.2, 0) is 0 Å². The van der Waals surface area contributed by atoms with E-state index in [-0.39, 0.29) is 0 Å². The number of hydrogen-bond donors (Lipinski definition) is 0. The topological polar surface area (TPSA) is 15.6 Å². The van der Waals surface area contributed by atoms with Gasteiger partial charge in [-0.15, -0.1) is 0 Å². The van der Waals surface area contributed by atoms with Gasteiger partial charge in [-0.05, 0) is 12.7 Å². The van der Waals surface area contributed by atoms with Crippen molar-refractivity contribution in [1.29, 1.82) is 0 Å². The van der Waals surface area contributed by atoms with Gasteiger partial charge in [0.1, 0.15) is 0 Å². The largest absolute Gasteiger partial charge is 0.294 e. The summed E-state index contributed by atoms with van der Waals surface area (Å²) in [6, 6.07) is 0. The molecule has 4 heteroatoms. The van der Waals surface area contributed by atoms with Gasteiger partial charge in [0.15, 0.2) is 5.17 Å². The Balaban J connectivity index is 2.53. The van der Waals surface area contributed by atoms with Gasteiger partial charge in [0.2, 0.25) is 0 Å². The zero-order chi connectivity index (χ0) is 6.69. The van der Waals surface area contributed by atoms with Crippen LogP contribution in [0.1, 0.15) is 6.42 Å². The minimum atomic E-state index is 1.01. The molecule has 0 atom stereocenters. The first kappa shape index (κ1) is 7.65. The highest BCUT2D eigenvalue weighted by atomic mass is 127. The van der Waals surface area contributed by atoms with Crippen molar-refractivity contribution >= 4 is 39.8 Å². The number of hydrogen-bond acceptors (Lipinski definition) is 3. The average Bonchev–Trinajstić information content (AvgIpc) is 1.89. The van der Waals surface area contributed by atoms with Crippen LogP contribution < -0.4 is 0 Å². The lowest BCUT2D eigenvalue weighted by atomic mass is 10.4. The molecule has 1 heterocycles. The predicted molar refractivity (Wildman–Crippen MR) is 51.2 cm³/mol. The first-order chi connectivity index (χ1) is 4.34. The van der Waals surface area contributed by atoms with Crippen molar-refractivity contribution in [2.75, 3.05) is 19.3 Å². The highest BCUT2D eigenvalue weighted by Gasteiger charge is 2.09. The van der Waals surface area contributed by atoms with E-state index in [9.17, 15) is 0 Å². The Bertz CT molecular complexity index is 126. The van der Waals surface area contributed by atoms with Gasteiger partial charge in [-0.1, -0.05) is 11.8 Å².